The van der Waals surface area contributed by atoms with Crippen molar-refractivity contribution in [2.45, 2.75) is 45.8 Å². The summed E-state index contributed by atoms with van der Waals surface area (Å²) >= 11 is 12.2. The molecule has 2 amide bonds. The van der Waals surface area contributed by atoms with Crippen molar-refractivity contribution >= 4 is 50.7 Å². The summed E-state index contributed by atoms with van der Waals surface area (Å²) in [5, 5.41) is 3.52. The SMILES string of the molecule is C[C@H](C(=O)NC(C)(C)C)N(Cc1ccc(Cl)c(Cl)c1)C(=O)CN(c1ccc2c(c1)OCCO2)S(C)(=O)=O. The molecule has 2 aromatic carbocycles. The summed E-state index contributed by atoms with van der Waals surface area (Å²) in [7, 11) is -3.88. The zero-order valence-corrected chi connectivity index (χ0v) is 23.7. The fourth-order valence-corrected chi connectivity index (χ4v) is 4.85. The Morgan fingerprint density at radius 1 is 1.03 bits per heavy atom. The molecule has 1 N–H and O–H groups in total. The van der Waals surface area contributed by atoms with E-state index in [9.17, 15) is 18.0 Å². The van der Waals surface area contributed by atoms with Gasteiger partial charge >= 0.3 is 0 Å². The van der Waals surface area contributed by atoms with Gasteiger partial charge in [-0.3, -0.25) is 13.9 Å². The van der Waals surface area contributed by atoms with Crippen LogP contribution >= 0.6 is 23.2 Å². The highest BCUT2D eigenvalue weighted by Gasteiger charge is 2.32. The number of ether oxygens (including phenoxy) is 2. The van der Waals surface area contributed by atoms with E-state index in [-0.39, 0.29) is 18.1 Å². The number of nitrogens with one attached hydrogen (secondary N) is 1. The van der Waals surface area contributed by atoms with E-state index in [1.165, 1.54) is 11.0 Å². The smallest absolute Gasteiger partial charge is 0.244 e. The third-order valence-electron chi connectivity index (χ3n) is 5.50. The highest BCUT2D eigenvalue weighted by Crippen LogP contribution is 2.35. The molecule has 3 rings (SSSR count). The van der Waals surface area contributed by atoms with E-state index >= 15 is 0 Å². The first kappa shape index (κ1) is 28.9. The summed E-state index contributed by atoms with van der Waals surface area (Å²) in [6, 6.07) is 8.64. The lowest BCUT2D eigenvalue weighted by atomic mass is 10.1. The monoisotopic (exact) mass is 571 g/mol. The summed E-state index contributed by atoms with van der Waals surface area (Å²) < 4.78 is 37.6. The number of sulfonamides is 1. The second-order valence-electron chi connectivity index (χ2n) is 9.78. The van der Waals surface area contributed by atoms with E-state index in [4.69, 9.17) is 32.7 Å². The third-order valence-corrected chi connectivity index (χ3v) is 7.37. The molecule has 1 atom stereocenters. The number of fused-ring (bicyclic) bond motifs is 1. The van der Waals surface area contributed by atoms with Gasteiger partial charge in [0.05, 0.1) is 22.0 Å². The molecule has 0 saturated heterocycles. The van der Waals surface area contributed by atoms with E-state index in [2.05, 4.69) is 5.32 Å². The van der Waals surface area contributed by atoms with Crippen molar-refractivity contribution in [1.82, 2.24) is 10.2 Å². The number of nitrogens with zero attached hydrogens (tertiary/aromatic N) is 2. The summed E-state index contributed by atoms with van der Waals surface area (Å²) in [6.07, 6.45) is 1.01. The predicted molar refractivity (Wildman–Crippen MR) is 144 cm³/mol. The summed E-state index contributed by atoms with van der Waals surface area (Å²) in [5.74, 6) is -0.0898. The van der Waals surface area contributed by atoms with Crippen molar-refractivity contribution in [1.29, 1.82) is 0 Å². The Morgan fingerprint density at radius 3 is 2.27 bits per heavy atom. The van der Waals surface area contributed by atoms with Gasteiger partial charge in [0.15, 0.2) is 11.5 Å². The maximum atomic E-state index is 13.7. The van der Waals surface area contributed by atoms with Gasteiger partial charge in [-0.25, -0.2) is 8.42 Å². The minimum Gasteiger partial charge on any atom is -0.486 e. The Bertz CT molecular complexity index is 1280. The molecule has 0 saturated carbocycles. The van der Waals surface area contributed by atoms with Crippen molar-refractivity contribution in [3.63, 3.8) is 0 Å². The molecule has 0 aliphatic carbocycles. The van der Waals surface area contributed by atoms with Crippen LogP contribution in [0, 0.1) is 0 Å². The normalized spacial score (nSPS) is 14.0. The van der Waals surface area contributed by atoms with Gasteiger partial charge in [0, 0.05) is 18.2 Å². The van der Waals surface area contributed by atoms with Crippen LogP contribution in [0.15, 0.2) is 36.4 Å². The number of carbonyl (C=O) groups is 2. The van der Waals surface area contributed by atoms with Gasteiger partial charge in [-0.1, -0.05) is 29.3 Å². The van der Waals surface area contributed by atoms with Gasteiger partial charge in [-0.15, -0.1) is 0 Å². The zero-order chi connectivity index (χ0) is 27.5. The lowest BCUT2D eigenvalue weighted by Gasteiger charge is -2.33. The molecule has 1 aliphatic rings. The van der Waals surface area contributed by atoms with Crippen LogP contribution in [0.1, 0.15) is 33.3 Å². The fraction of sp³-hybridized carbons (Fsp3) is 0.440. The first-order valence-corrected chi connectivity index (χ1v) is 14.2. The van der Waals surface area contributed by atoms with Crippen LogP contribution in [-0.4, -0.2) is 62.7 Å². The molecule has 0 unspecified atom stereocenters. The molecule has 202 valence electrons. The third kappa shape index (κ3) is 7.66. The quantitative estimate of drug-likeness (QED) is 0.515. The van der Waals surface area contributed by atoms with Crippen LogP contribution in [0.2, 0.25) is 10.0 Å². The lowest BCUT2D eigenvalue weighted by molar-refractivity contribution is -0.140. The fourth-order valence-electron chi connectivity index (χ4n) is 3.69. The number of benzene rings is 2. The molecule has 2 aromatic rings. The molecule has 1 aliphatic heterocycles. The number of carbonyl (C=O) groups excluding carboxylic acids is 2. The van der Waals surface area contributed by atoms with Crippen LogP contribution in [0.25, 0.3) is 0 Å². The number of halogens is 2. The van der Waals surface area contributed by atoms with Crippen molar-refractivity contribution in [3.05, 3.63) is 52.0 Å². The van der Waals surface area contributed by atoms with Gasteiger partial charge < -0.3 is 19.7 Å². The molecular formula is C25H31Cl2N3O6S. The largest absolute Gasteiger partial charge is 0.486 e. The average Bonchev–Trinajstić information content (AvgIpc) is 2.80. The minimum atomic E-state index is -3.88. The average molecular weight is 573 g/mol. The zero-order valence-electron chi connectivity index (χ0n) is 21.4. The Balaban J connectivity index is 1.94. The van der Waals surface area contributed by atoms with E-state index in [0.29, 0.717) is 40.3 Å². The van der Waals surface area contributed by atoms with Crippen molar-refractivity contribution in [3.8, 4) is 11.5 Å². The molecule has 0 bridgehead atoms. The Kier molecular flexibility index (Phi) is 8.87. The van der Waals surface area contributed by atoms with Gasteiger partial charge in [-0.2, -0.15) is 0 Å². The topological polar surface area (TPSA) is 105 Å². The number of hydrogen-bond acceptors (Lipinski definition) is 6. The van der Waals surface area contributed by atoms with E-state index in [1.54, 1.807) is 37.3 Å². The highest BCUT2D eigenvalue weighted by atomic mass is 35.5. The molecule has 37 heavy (non-hydrogen) atoms. The van der Waals surface area contributed by atoms with Crippen molar-refractivity contribution in [2.75, 3.05) is 30.3 Å². The molecule has 9 nitrogen and oxygen atoms in total. The summed E-state index contributed by atoms with van der Waals surface area (Å²) in [4.78, 5) is 28.0. The number of hydrogen-bond donors (Lipinski definition) is 1. The van der Waals surface area contributed by atoms with Crippen molar-refractivity contribution in [2.24, 2.45) is 0 Å². The Hall–Kier alpha value is -2.69. The van der Waals surface area contributed by atoms with Gasteiger partial charge in [0.25, 0.3) is 0 Å². The molecule has 12 heteroatoms. The second kappa shape index (κ2) is 11.4. The lowest BCUT2D eigenvalue weighted by Crippen LogP contribution is -2.54. The number of rotatable bonds is 8. The van der Waals surface area contributed by atoms with E-state index < -0.39 is 34.1 Å². The first-order chi connectivity index (χ1) is 17.2. The summed E-state index contributed by atoms with van der Waals surface area (Å²) in [6.45, 7) is 7.26. The maximum absolute atomic E-state index is 13.7. The molecule has 0 spiro atoms. The highest BCUT2D eigenvalue weighted by molar-refractivity contribution is 7.92. The maximum Gasteiger partial charge on any atom is 0.244 e. The summed E-state index contributed by atoms with van der Waals surface area (Å²) in [5.41, 5.74) is 0.331. The first-order valence-electron chi connectivity index (χ1n) is 11.6. The van der Waals surface area contributed by atoms with Gasteiger partial charge in [0.2, 0.25) is 21.8 Å². The molecule has 1 heterocycles. The molecule has 0 radical (unpaired) electrons. The minimum absolute atomic E-state index is 0.00714. The Morgan fingerprint density at radius 2 is 1.68 bits per heavy atom. The standard InChI is InChI=1S/C25H31Cl2N3O6S/c1-16(24(32)28-25(2,3)4)29(14-17-6-8-19(26)20(27)12-17)23(31)15-30(37(5,33)34)18-7-9-21-22(13-18)36-11-10-35-21/h6-9,12-13,16H,10-11,14-15H2,1-5H3,(H,28,32)/t16-/m1/s1. The van der Waals surface area contributed by atoms with Crippen LogP contribution in [0.4, 0.5) is 5.69 Å². The van der Waals surface area contributed by atoms with Crippen molar-refractivity contribution < 1.29 is 27.5 Å². The molecule has 0 fully saturated rings. The van der Waals surface area contributed by atoms with Crippen LogP contribution in [-0.2, 0) is 26.2 Å². The molecule has 0 aromatic heterocycles. The van der Waals surface area contributed by atoms with Gasteiger partial charge in [-0.05, 0) is 57.5 Å². The van der Waals surface area contributed by atoms with E-state index in [1.807, 2.05) is 20.8 Å². The number of amides is 2. The van der Waals surface area contributed by atoms with Gasteiger partial charge in [0.1, 0.15) is 25.8 Å². The van der Waals surface area contributed by atoms with Crippen LogP contribution in [0.5, 0.6) is 11.5 Å². The second-order valence-corrected chi connectivity index (χ2v) is 12.5. The van der Waals surface area contributed by atoms with Crippen LogP contribution in [0.3, 0.4) is 0 Å². The number of anilines is 1. The Labute approximate surface area is 227 Å². The van der Waals surface area contributed by atoms with E-state index in [0.717, 1.165) is 10.6 Å². The predicted octanol–water partition coefficient (Wildman–Crippen LogP) is 3.86. The van der Waals surface area contributed by atoms with Crippen LogP contribution < -0.4 is 19.1 Å². The molecular weight excluding hydrogens is 541 g/mol.